The number of benzene rings is 2. The first-order valence-corrected chi connectivity index (χ1v) is 9.18. The molecule has 0 saturated carbocycles. The summed E-state index contributed by atoms with van der Waals surface area (Å²) in [4.78, 5) is 0.0865. The Morgan fingerprint density at radius 2 is 1.65 bits per heavy atom. The zero-order valence-electron chi connectivity index (χ0n) is 12.8. The van der Waals surface area contributed by atoms with Gasteiger partial charge in [-0.3, -0.25) is 0 Å². The second-order valence-electron chi connectivity index (χ2n) is 5.76. The maximum absolute atomic E-state index is 12.5. The van der Waals surface area contributed by atoms with Gasteiger partial charge in [0, 0.05) is 26.5 Å². The number of rotatable bonds is 5. The minimum Gasteiger partial charge on any atom is -0.376 e. The van der Waals surface area contributed by atoms with Gasteiger partial charge in [0.05, 0.1) is 10.6 Å². The molecular formula is C17H18ClNO3S. The van der Waals surface area contributed by atoms with Crippen molar-refractivity contribution in [2.24, 2.45) is 0 Å². The SMILES string of the molecule is COC1(CNS(=O)(=O)c2ccccc2Cl)Cc2ccccc2C1. The second-order valence-corrected chi connectivity index (χ2v) is 7.91. The van der Waals surface area contributed by atoms with Crippen molar-refractivity contribution in [3.05, 3.63) is 64.7 Å². The number of nitrogens with one attached hydrogen (secondary N) is 1. The molecule has 1 aliphatic carbocycles. The van der Waals surface area contributed by atoms with Crippen LogP contribution in [0.4, 0.5) is 0 Å². The highest BCUT2D eigenvalue weighted by Crippen LogP contribution is 2.32. The Morgan fingerprint density at radius 1 is 1.09 bits per heavy atom. The van der Waals surface area contributed by atoms with Crippen molar-refractivity contribution in [3.8, 4) is 0 Å². The van der Waals surface area contributed by atoms with Crippen molar-refractivity contribution in [2.45, 2.75) is 23.3 Å². The van der Waals surface area contributed by atoms with Crippen LogP contribution in [0.2, 0.25) is 5.02 Å². The minimum atomic E-state index is -3.68. The van der Waals surface area contributed by atoms with Crippen molar-refractivity contribution in [1.82, 2.24) is 4.72 Å². The van der Waals surface area contributed by atoms with Crippen LogP contribution in [0.3, 0.4) is 0 Å². The topological polar surface area (TPSA) is 55.4 Å². The average molecular weight is 352 g/mol. The summed E-state index contributed by atoms with van der Waals surface area (Å²) < 4.78 is 33.3. The summed E-state index contributed by atoms with van der Waals surface area (Å²) >= 11 is 6.00. The molecule has 3 rings (SSSR count). The molecule has 4 nitrogen and oxygen atoms in total. The maximum atomic E-state index is 12.5. The Balaban J connectivity index is 1.79. The molecule has 6 heteroatoms. The Kier molecular flexibility index (Phi) is 4.47. The third-order valence-corrected chi connectivity index (χ3v) is 6.19. The van der Waals surface area contributed by atoms with Crippen molar-refractivity contribution < 1.29 is 13.2 Å². The van der Waals surface area contributed by atoms with E-state index >= 15 is 0 Å². The summed E-state index contributed by atoms with van der Waals surface area (Å²) in [5.41, 5.74) is 1.84. The quantitative estimate of drug-likeness (QED) is 0.901. The van der Waals surface area contributed by atoms with Crippen LogP contribution in [0.25, 0.3) is 0 Å². The number of fused-ring (bicyclic) bond motifs is 1. The van der Waals surface area contributed by atoms with Crippen LogP contribution in [0, 0.1) is 0 Å². The monoisotopic (exact) mass is 351 g/mol. The molecule has 1 N–H and O–H groups in total. The molecule has 0 unspecified atom stereocenters. The Labute approximate surface area is 141 Å². The van der Waals surface area contributed by atoms with E-state index in [1.807, 2.05) is 12.1 Å². The number of hydrogen-bond acceptors (Lipinski definition) is 3. The van der Waals surface area contributed by atoms with Crippen LogP contribution < -0.4 is 4.72 Å². The molecule has 0 aromatic heterocycles. The highest BCUT2D eigenvalue weighted by atomic mass is 35.5. The molecule has 0 radical (unpaired) electrons. The van der Waals surface area contributed by atoms with Crippen LogP contribution in [0.1, 0.15) is 11.1 Å². The average Bonchev–Trinajstić information content (AvgIpc) is 2.93. The first-order valence-electron chi connectivity index (χ1n) is 7.32. The van der Waals surface area contributed by atoms with E-state index in [1.54, 1.807) is 25.3 Å². The molecule has 122 valence electrons. The van der Waals surface area contributed by atoms with E-state index in [9.17, 15) is 8.42 Å². The molecule has 0 heterocycles. The van der Waals surface area contributed by atoms with E-state index in [2.05, 4.69) is 16.9 Å². The first-order chi connectivity index (χ1) is 11.0. The molecule has 0 aliphatic heterocycles. The molecule has 0 fully saturated rings. The zero-order valence-corrected chi connectivity index (χ0v) is 14.3. The third kappa shape index (κ3) is 3.28. The molecule has 2 aromatic rings. The third-order valence-electron chi connectivity index (χ3n) is 4.29. The number of ether oxygens (including phenoxy) is 1. The highest BCUT2D eigenvalue weighted by molar-refractivity contribution is 7.89. The van der Waals surface area contributed by atoms with Crippen LogP contribution in [0.15, 0.2) is 53.4 Å². The molecular weight excluding hydrogens is 334 g/mol. The summed E-state index contributed by atoms with van der Waals surface area (Å²) in [6, 6.07) is 14.5. The standard InChI is InChI=1S/C17H18ClNO3S/c1-22-17(10-13-6-2-3-7-14(13)11-17)12-19-23(20,21)16-9-5-4-8-15(16)18/h2-9,19H,10-12H2,1H3. The Bertz CT molecular complexity index is 795. The lowest BCUT2D eigenvalue weighted by atomic mass is 10.0. The number of halogens is 1. The minimum absolute atomic E-state index is 0.0865. The molecule has 0 saturated heterocycles. The predicted octanol–water partition coefficient (Wildman–Crippen LogP) is 2.80. The van der Waals surface area contributed by atoms with Crippen molar-refractivity contribution in [3.63, 3.8) is 0 Å². The van der Waals surface area contributed by atoms with Gasteiger partial charge in [0.15, 0.2) is 0 Å². The van der Waals surface area contributed by atoms with Gasteiger partial charge >= 0.3 is 0 Å². The van der Waals surface area contributed by atoms with E-state index in [-0.39, 0.29) is 16.5 Å². The Morgan fingerprint density at radius 3 is 2.22 bits per heavy atom. The van der Waals surface area contributed by atoms with E-state index < -0.39 is 15.6 Å². The second kappa shape index (κ2) is 6.24. The summed E-state index contributed by atoms with van der Waals surface area (Å²) in [5.74, 6) is 0. The zero-order chi connectivity index (χ0) is 16.5. The van der Waals surface area contributed by atoms with Gasteiger partial charge < -0.3 is 4.74 Å². The lowest BCUT2D eigenvalue weighted by Gasteiger charge is -2.27. The van der Waals surface area contributed by atoms with Crippen molar-refractivity contribution in [2.75, 3.05) is 13.7 Å². The smallest absolute Gasteiger partial charge is 0.242 e. The van der Waals surface area contributed by atoms with Crippen LogP contribution in [-0.2, 0) is 27.6 Å². The van der Waals surface area contributed by atoms with Crippen LogP contribution in [0.5, 0.6) is 0 Å². The van der Waals surface area contributed by atoms with Gasteiger partial charge in [-0.25, -0.2) is 13.1 Å². The predicted molar refractivity (Wildman–Crippen MR) is 90.2 cm³/mol. The van der Waals surface area contributed by atoms with Gasteiger partial charge in [0.2, 0.25) is 10.0 Å². The van der Waals surface area contributed by atoms with Crippen molar-refractivity contribution in [1.29, 1.82) is 0 Å². The number of methoxy groups -OCH3 is 1. The molecule has 0 bridgehead atoms. The van der Waals surface area contributed by atoms with Crippen LogP contribution in [-0.4, -0.2) is 27.7 Å². The van der Waals surface area contributed by atoms with Gasteiger partial charge in [0.1, 0.15) is 4.90 Å². The van der Waals surface area contributed by atoms with Gasteiger partial charge in [0.25, 0.3) is 0 Å². The van der Waals surface area contributed by atoms with E-state index in [1.165, 1.54) is 17.2 Å². The summed E-state index contributed by atoms with van der Waals surface area (Å²) in [6.07, 6.45) is 1.37. The lowest BCUT2D eigenvalue weighted by Crippen LogP contribution is -2.45. The van der Waals surface area contributed by atoms with Gasteiger partial charge in [-0.05, 0) is 23.3 Å². The fourth-order valence-electron chi connectivity index (χ4n) is 2.97. The molecule has 0 spiro atoms. The fourth-order valence-corrected chi connectivity index (χ4v) is 4.60. The van der Waals surface area contributed by atoms with E-state index in [4.69, 9.17) is 16.3 Å². The van der Waals surface area contributed by atoms with Gasteiger partial charge in [-0.2, -0.15) is 0 Å². The summed E-state index contributed by atoms with van der Waals surface area (Å²) in [5, 5.41) is 0.209. The largest absolute Gasteiger partial charge is 0.376 e. The number of hydrogen-bond donors (Lipinski definition) is 1. The molecule has 2 aromatic carbocycles. The lowest BCUT2D eigenvalue weighted by molar-refractivity contribution is 0.00378. The fraction of sp³-hybridized carbons (Fsp3) is 0.294. The molecule has 0 amide bonds. The molecule has 23 heavy (non-hydrogen) atoms. The maximum Gasteiger partial charge on any atom is 0.242 e. The van der Waals surface area contributed by atoms with Gasteiger partial charge in [-0.1, -0.05) is 48.0 Å². The first kappa shape index (κ1) is 16.5. The van der Waals surface area contributed by atoms with Gasteiger partial charge in [-0.15, -0.1) is 0 Å². The molecule has 0 atom stereocenters. The normalized spacial score (nSPS) is 16.3. The Hall–Kier alpha value is -1.40. The number of sulfonamides is 1. The van der Waals surface area contributed by atoms with E-state index in [0.717, 1.165) is 0 Å². The molecule has 1 aliphatic rings. The summed E-state index contributed by atoms with van der Waals surface area (Å²) in [7, 11) is -2.06. The summed E-state index contributed by atoms with van der Waals surface area (Å²) in [6.45, 7) is 0.200. The van der Waals surface area contributed by atoms with Crippen molar-refractivity contribution >= 4 is 21.6 Å². The highest BCUT2D eigenvalue weighted by Gasteiger charge is 2.38. The van der Waals surface area contributed by atoms with Crippen LogP contribution >= 0.6 is 11.6 Å². The van der Waals surface area contributed by atoms with E-state index in [0.29, 0.717) is 12.8 Å².